The average Bonchev–Trinajstić information content (AvgIpc) is 2.75. The lowest BCUT2D eigenvalue weighted by Gasteiger charge is -2.38. The van der Waals surface area contributed by atoms with E-state index in [1.807, 2.05) is 20.8 Å². The highest BCUT2D eigenvalue weighted by atomic mass is 35.5. The van der Waals surface area contributed by atoms with Gasteiger partial charge in [0.25, 0.3) is 0 Å². The van der Waals surface area contributed by atoms with Gasteiger partial charge in [-0.2, -0.15) is 0 Å². The second kappa shape index (κ2) is 6.35. The second-order valence-corrected chi connectivity index (χ2v) is 6.52. The second-order valence-electron chi connectivity index (χ2n) is 6.17. The Morgan fingerprint density at radius 1 is 1.30 bits per heavy atom. The average molecular weight is 338 g/mol. The molecule has 1 fully saturated rings. The molecule has 2 aliphatic rings. The molecule has 1 aromatic rings. The first-order valence-electron chi connectivity index (χ1n) is 7.76. The molecular formula is C16H20ClN3O3. The van der Waals surface area contributed by atoms with Crippen LogP contribution < -0.4 is 4.74 Å². The number of hydrogen-bond donors (Lipinski definition) is 0. The van der Waals surface area contributed by atoms with Gasteiger partial charge in [0.2, 0.25) is 5.88 Å². The van der Waals surface area contributed by atoms with E-state index in [0.29, 0.717) is 23.9 Å². The molecule has 2 unspecified atom stereocenters. The standard InChI is InChI=1S/C16H20ClN3O3/c1-9(2)22-16(21)20-11-4-5-12(20)7-13(6-11)23-15-10(3)14(17)18-8-19-15/h4-5,8-9,11-13H,6-7H2,1-3H3. The molecule has 1 aromatic heterocycles. The first kappa shape index (κ1) is 16.1. The number of fused-ring (bicyclic) bond motifs is 2. The van der Waals surface area contributed by atoms with Crippen LogP contribution in [0.2, 0.25) is 5.15 Å². The highest BCUT2D eigenvalue weighted by Crippen LogP contribution is 2.34. The van der Waals surface area contributed by atoms with Crippen LogP contribution in [0.4, 0.5) is 4.79 Å². The van der Waals surface area contributed by atoms with E-state index in [4.69, 9.17) is 21.1 Å². The van der Waals surface area contributed by atoms with Gasteiger partial charge in [-0.3, -0.25) is 4.90 Å². The van der Waals surface area contributed by atoms with Gasteiger partial charge in [-0.25, -0.2) is 14.8 Å². The molecule has 23 heavy (non-hydrogen) atoms. The normalized spacial score (nSPS) is 25.8. The summed E-state index contributed by atoms with van der Waals surface area (Å²) in [6.07, 6.45) is 6.51. The van der Waals surface area contributed by atoms with E-state index in [2.05, 4.69) is 22.1 Å². The zero-order valence-electron chi connectivity index (χ0n) is 13.4. The molecule has 0 N–H and O–H groups in total. The Bertz CT molecular complexity index is 619. The van der Waals surface area contributed by atoms with Crippen LogP contribution in [0.25, 0.3) is 0 Å². The van der Waals surface area contributed by atoms with E-state index in [-0.39, 0.29) is 30.4 Å². The van der Waals surface area contributed by atoms with Crippen molar-refractivity contribution in [2.24, 2.45) is 0 Å². The van der Waals surface area contributed by atoms with Crippen molar-refractivity contribution in [2.45, 2.75) is 57.9 Å². The molecular weight excluding hydrogens is 318 g/mol. The molecule has 1 amide bonds. The van der Waals surface area contributed by atoms with Crippen LogP contribution in [0, 0.1) is 6.92 Å². The van der Waals surface area contributed by atoms with E-state index in [1.165, 1.54) is 6.33 Å². The molecule has 2 atom stereocenters. The molecule has 3 heterocycles. The van der Waals surface area contributed by atoms with Gasteiger partial charge >= 0.3 is 6.09 Å². The summed E-state index contributed by atoms with van der Waals surface area (Å²) in [5.41, 5.74) is 0.733. The summed E-state index contributed by atoms with van der Waals surface area (Å²) >= 11 is 6.00. The molecule has 3 rings (SSSR count). The number of piperidine rings is 1. The van der Waals surface area contributed by atoms with E-state index >= 15 is 0 Å². The molecule has 0 aliphatic carbocycles. The van der Waals surface area contributed by atoms with Gasteiger partial charge in [0, 0.05) is 18.4 Å². The summed E-state index contributed by atoms with van der Waals surface area (Å²) < 4.78 is 11.3. The van der Waals surface area contributed by atoms with Crippen LogP contribution in [-0.4, -0.2) is 45.3 Å². The van der Waals surface area contributed by atoms with E-state index in [9.17, 15) is 4.79 Å². The van der Waals surface area contributed by atoms with Crippen molar-refractivity contribution in [1.82, 2.24) is 14.9 Å². The van der Waals surface area contributed by atoms with Crippen LogP contribution in [-0.2, 0) is 4.74 Å². The molecule has 2 bridgehead atoms. The fourth-order valence-electron chi connectivity index (χ4n) is 3.03. The third-order valence-corrected chi connectivity index (χ3v) is 4.46. The minimum absolute atomic E-state index is 0.00242. The smallest absolute Gasteiger partial charge is 0.411 e. The SMILES string of the molecule is Cc1c(Cl)ncnc1OC1CC2C=CC(C1)N2C(=O)OC(C)C. The Morgan fingerprint density at radius 2 is 1.96 bits per heavy atom. The van der Waals surface area contributed by atoms with Crippen molar-refractivity contribution in [3.63, 3.8) is 0 Å². The van der Waals surface area contributed by atoms with Crippen molar-refractivity contribution < 1.29 is 14.3 Å². The number of hydrogen-bond acceptors (Lipinski definition) is 5. The van der Waals surface area contributed by atoms with Crippen LogP contribution in [0.3, 0.4) is 0 Å². The summed E-state index contributed by atoms with van der Waals surface area (Å²) in [6.45, 7) is 5.54. The Hall–Kier alpha value is -1.82. The number of aromatic nitrogens is 2. The maximum Gasteiger partial charge on any atom is 0.411 e. The summed E-state index contributed by atoms with van der Waals surface area (Å²) in [6, 6.07) is 0.00484. The van der Waals surface area contributed by atoms with Gasteiger partial charge in [0.05, 0.1) is 18.2 Å². The number of nitrogens with zero attached hydrogens (tertiary/aromatic N) is 3. The van der Waals surface area contributed by atoms with Crippen molar-refractivity contribution in [2.75, 3.05) is 0 Å². The van der Waals surface area contributed by atoms with Gasteiger partial charge in [0.1, 0.15) is 17.6 Å². The van der Waals surface area contributed by atoms with Crippen molar-refractivity contribution >= 4 is 17.7 Å². The molecule has 7 heteroatoms. The number of ether oxygens (including phenoxy) is 2. The van der Waals surface area contributed by atoms with Crippen LogP contribution in [0.1, 0.15) is 32.3 Å². The molecule has 0 spiro atoms. The topological polar surface area (TPSA) is 64.6 Å². The Labute approximate surface area is 140 Å². The minimum Gasteiger partial charge on any atom is -0.474 e. The highest BCUT2D eigenvalue weighted by molar-refractivity contribution is 6.30. The quantitative estimate of drug-likeness (QED) is 0.626. The maximum atomic E-state index is 12.2. The van der Waals surface area contributed by atoms with Gasteiger partial charge in [-0.1, -0.05) is 23.8 Å². The minimum atomic E-state index is -0.264. The van der Waals surface area contributed by atoms with Gasteiger partial charge in [-0.05, 0) is 20.8 Å². The molecule has 6 nitrogen and oxygen atoms in total. The number of rotatable bonds is 3. The van der Waals surface area contributed by atoms with Crippen molar-refractivity contribution in [3.05, 3.63) is 29.2 Å². The van der Waals surface area contributed by atoms with Gasteiger partial charge < -0.3 is 9.47 Å². The first-order chi connectivity index (χ1) is 11.0. The first-order valence-corrected chi connectivity index (χ1v) is 8.14. The van der Waals surface area contributed by atoms with Gasteiger partial charge in [0.15, 0.2) is 0 Å². The van der Waals surface area contributed by atoms with E-state index < -0.39 is 0 Å². The number of amides is 1. The molecule has 0 aromatic carbocycles. The monoisotopic (exact) mass is 337 g/mol. The third-order valence-electron chi connectivity index (χ3n) is 4.08. The summed E-state index contributed by atoms with van der Waals surface area (Å²) in [5, 5.41) is 0.397. The number of carbonyl (C=O) groups excluding carboxylic acids is 1. The fourth-order valence-corrected chi connectivity index (χ4v) is 3.15. The molecule has 2 aliphatic heterocycles. The summed E-state index contributed by atoms with van der Waals surface area (Å²) in [7, 11) is 0. The number of halogens is 1. The van der Waals surface area contributed by atoms with Crippen LogP contribution >= 0.6 is 11.6 Å². The van der Waals surface area contributed by atoms with E-state index in [0.717, 1.165) is 5.56 Å². The lowest BCUT2D eigenvalue weighted by atomic mass is 9.99. The van der Waals surface area contributed by atoms with Crippen LogP contribution in [0.5, 0.6) is 5.88 Å². The molecule has 124 valence electrons. The molecule has 0 saturated carbocycles. The predicted octanol–water partition coefficient (Wildman–Crippen LogP) is 3.13. The van der Waals surface area contributed by atoms with Gasteiger partial charge in [-0.15, -0.1) is 0 Å². The van der Waals surface area contributed by atoms with Crippen molar-refractivity contribution in [3.8, 4) is 5.88 Å². The third kappa shape index (κ3) is 3.27. The summed E-state index contributed by atoms with van der Waals surface area (Å²) in [4.78, 5) is 22.1. The Morgan fingerprint density at radius 3 is 2.57 bits per heavy atom. The lowest BCUT2D eigenvalue weighted by Crippen LogP contribution is -2.50. The largest absolute Gasteiger partial charge is 0.474 e. The fraction of sp³-hybridized carbons (Fsp3) is 0.562. The maximum absolute atomic E-state index is 12.2. The predicted molar refractivity (Wildman–Crippen MR) is 85.6 cm³/mol. The number of carbonyl (C=O) groups is 1. The molecule has 0 radical (unpaired) electrons. The van der Waals surface area contributed by atoms with Crippen LogP contribution in [0.15, 0.2) is 18.5 Å². The zero-order valence-corrected chi connectivity index (χ0v) is 14.2. The Balaban J connectivity index is 1.67. The zero-order chi connectivity index (χ0) is 16.6. The van der Waals surface area contributed by atoms with Crippen molar-refractivity contribution in [1.29, 1.82) is 0 Å². The lowest BCUT2D eigenvalue weighted by molar-refractivity contribution is 0.0264. The molecule has 1 saturated heterocycles. The van der Waals surface area contributed by atoms with E-state index in [1.54, 1.807) is 4.90 Å². The summed E-state index contributed by atoms with van der Waals surface area (Å²) in [5.74, 6) is 0.507. The highest BCUT2D eigenvalue weighted by Gasteiger charge is 2.42. The Kier molecular flexibility index (Phi) is 4.43.